The van der Waals surface area contributed by atoms with E-state index in [2.05, 4.69) is 15.3 Å². The molecule has 9 nitrogen and oxygen atoms in total. The molecule has 0 aliphatic carbocycles. The number of hydrogen-bond acceptors (Lipinski definition) is 7. The van der Waals surface area contributed by atoms with Crippen LogP contribution in [0.3, 0.4) is 0 Å². The highest BCUT2D eigenvalue weighted by atomic mass is 19.4. The number of rotatable bonds is 8. The Morgan fingerprint density at radius 2 is 1.94 bits per heavy atom. The van der Waals surface area contributed by atoms with E-state index in [-0.39, 0.29) is 13.2 Å². The minimum absolute atomic E-state index is 0.0977. The molecule has 0 fully saturated rings. The lowest BCUT2D eigenvalue weighted by atomic mass is 9.96. The van der Waals surface area contributed by atoms with Crippen LogP contribution in [0.5, 0.6) is 5.88 Å². The van der Waals surface area contributed by atoms with E-state index in [0.717, 1.165) is 6.20 Å². The van der Waals surface area contributed by atoms with E-state index < -0.39 is 29.9 Å². The van der Waals surface area contributed by atoms with Crippen molar-refractivity contribution < 1.29 is 32.5 Å². The number of carbonyl (C=O) groups excluding carboxylic acids is 1. The van der Waals surface area contributed by atoms with E-state index in [1.165, 1.54) is 18.7 Å². The molecule has 0 aliphatic heterocycles. The van der Waals surface area contributed by atoms with Crippen LogP contribution in [-0.2, 0) is 16.9 Å². The van der Waals surface area contributed by atoms with Crippen LogP contribution < -0.4 is 4.74 Å². The summed E-state index contributed by atoms with van der Waals surface area (Å²) in [5.41, 5.74) is -0.723. The summed E-state index contributed by atoms with van der Waals surface area (Å²) in [6, 6.07) is 8.66. The topological polar surface area (TPSA) is 104 Å². The van der Waals surface area contributed by atoms with Gasteiger partial charge in [-0.1, -0.05) is 12.1 Å². The summed E-state index contributed by atoms with van der Waals surface area (Å²) in [6.07, 6.45) is -1.07. The lowest BCUT2D eigenvalue weighted by Gasteiger charge is -2.26. The Balaban J connectivity index is 1.71. The zero-order valence-corrected chi connectivity index (χ0v) is 19.8. The molecule has 0 amide bonds. The Labute approximate surface area is 204 Å². The molecule has 12 heteroatoms. The van der Waals surface area contributed by atoms with Crippen molar-refractivity contribution in [3.63, 3.8) is 0 Å². The Morgan fingerprint density at radius 1 is 1.17 bits per heavy atom. The van der Waals surface area contributed by atoms with Gasteiger partial charge in [-0.05, 0) is 43.2 Å². The van der Waals surface area contributed by atoms with Crippen molar-refractivity contribution in [3.8, 4) is 17.1 Å². The highest BCUT2D eigenvalue weighted by Gasteiger charge is 2.55. The van der Waals surface area contributed by atoms with Gasteiger partial charge in [-0.25, -0.2) is 14.5 Å². The standard InChI is InChI=1S/C24H24F3N5O4/c1-4-23(34,24(25,26)27)19-14-31(30-29-19)13-15-8-9-32-17(10-15)11-18(22(33)36-5-2)21(32)16-6-7-20(35-3)28-12-16/h6-12,14,34H,4-5,13H2,1-3H3. The van der Waals surface area contributed by atoms with Gasteiger partial charge in [-0.3, -0.25) is 0 Å². The van der Waals surface area contributed by atoms with Crippen LogP contribution in [0.25, 0.3) is 16.8 Å². The summed E-state index contributed by atoms with van der Waals surface area (Å²) in [4.78, 5) is 16.9. The highest BCUT2D eigenvalue weighted by Crippen LogP contribution is 2.40. The molecular weight excluding hydrogens is 479 g/mol. The molecule has 0 saturated carbocycles. The number of carbonyl (C=O) groups is 1. The maximum atomic E-state index is 13.4. The van der Waals surface area contributed by atoms with Crippen molar-refractivity contribution in [2.75, 3.05) is 13.7 Å². The Bertz CT molecular complexity index is 1380. The summed E-state index contributed by atoms with van der Waals surface area (Å²) in [5, 5.41) is 17.4. The third-order valence-corrected chi connectivity index (χ3v) is 5.84. The lowest BCUT2D eigenvalue weighted by Crippen LogP contribution is -2.42. The lowest BCUT2D eigenvalue weighted by molar-refractivity contribution is -0.269. The van der Waals surface area contributed by atoms with Crippen LogP contribution in [0.2, 0.25) is 0 Å². The molecule has 1 N–H and O–H groups in total. The van der Waals surface area contributed by atoms with E-state index in [0.29, 0.717) is 33.8 Å². The van der Waals surface area contributed by atoms with Crippen molar-refractivity contribution in [3.05, 3.63) is 65.7 Å². The van der Waals surface area contributed by atoms with Gasteiger partial charge in [0.15, 0.2) is 0 Å². The molecule has 4 aromatic rings. The fourth-order valence-corrected chi connectivity index (χ4v) is 3.90. The van der Waals surface area contributed by atoms with E-state index in [1.807, 2.05) is 0 Å². The minimum Gasteiger partial charge on any atom is -0.481 e. The quantitative estimate of drug-likeness (QED) is 0.363. The maximum Gasteiger partial charge on any atom is 0.423 e. The number of methoxy groups -OCH3 is 1. The average molecular weight is 503 g/mol. The smallest absolute Gasteiger partial charge is 0.423 e. The number of nitrogens with zero attached hydrogens (tertiary/aromatic N) is 5. The second-order valence-corrected chi connectivity index (χ2v) is 8.06. The van der Waals surface area contributed by atoms with Gasteiger partial charge in [0.2, 0.25) is 11.5 Å². The molecule has 1 atom stereocenters. The summed E-state index contributed by atoms with van der Waals surface area (Å²) < 4.78 is 53.4. The first kappa shape index (κ1) is 25.2. The van der Waals surface area contributed by atoms with Gasteiger partial charge in [0.05, 0.1) is 37.7 Å². The zero-order chi connectivity index (χ0) is 26.1. The van der Waals surface area contributed by atoms with Gasteiger partial charge < -0.3 is 19.0 Å². The molecular formula is C24H24F3N5O4. The molecule has 0 aliphatic rings. The van der Waals surface area contributed by atoms with Crippen molar-refractivity contribution in [2.24, 2.45) is 0 Å². The molecule has 0 bridgehead atoms. The number of alkyl halides is 3. The monoisotopic (exact) mass is 503 g/mol. The van der Waals surface area contributed by atoms with E-state index in [4.69, 9.17) is 9.47 Å². The van der Waals surface area contributed by atoms with Crippen LogP contribution >= 0.6 is 0 Å². The first-order valence-corrected chi connectivity index (χ1v) is 11.1. The van der Waals surface area contributed by atoms with Gasteiger partial charge in [0.25, 0.3) is 0 Å². The average Bonchev–Trinajstić information content (AvgIpc) is 3.48. The largest absolute Gasteiger partial charge is 0.481 e. The first-order chi connectivity index (χ1) is 17.1. The van der Waals surface area contributed by atoms with Gasteiger partial charge in [0.1, 0.15) is 5.69 Å². The fourth-order valence-electron chi connectivity index (χ4n) is 3.90. The molecule has 4 heterocycles. The predicted octanol–water partition coefficient (Wildman–Crippen LogP) is 3.99. The number of esters is 1. The summed E-state index contributed by atoms with van der Waals surface area (Å²) in [7, 11) is 1.50. The Hall–Kier alpha value is -3.93. The van der Waals surface area contributed by atoms with Crippen molar-refractivity contribution in [1.82, 2.24) is 24.4 Å². The second kappa shape index (κ2) is 9.61. The summed E-state index contributed by atoms with van der Waals surface area (Å²) in [5.74, 6) is -0.0761. The number of ether oxygens (including phenoxy) is 2. The normalized spacial score (nSPS) is 13.5. The maximum absolute atomic E-state index is 13.4. The van der Waals surface area contributed by atoms with Crippen molar-refractivity contribution >= 4 is 11.5 Å². The number of hydrogen-bond donors (Lipinski definition) is 1. The van der Waals surface area contributed by atoms with Crippen molar-refractivity contribution in [2.45, 2.75) is 38.6 Å². The molecule has 0 spiro atoms. The third kappa shape index (κ3) is 4.51. The molecule has 4 rings (SSSR count). The first-order valence-electron chi connectivity index (χ1n) is 11.1. The molecule has 0 radical (unpaired) electrons. The van der Waals surface area contributed by atoms with Crippen LogP contribution in [0, 0.1) is 0 Å². The van der Waals surface area contributed by atoms with E-state index in [1.54, 1.807) is 54.0 Å². The third-order valence-electron chi connectivity index (χ3n) is 5.84. The van der Waals surface area contributed by atoms with Gasteiger partial charge >= 0.3 is 12.1 Å². The van der Waals surface area contributed by atoms with Crippen molar-refractivity contribution in [1.29, 1.82) is 0 Å². The number of fused-ring (bicyclic) bond motifs is 1. The fraction of sp³-hybridized carbons (Fsp3) is 0.333. The highest BCUT2D eigenvalue weighted by molar-refractivity contribution is 5.99. The predicted molar refractivity (Wildman–Crippen MR) is 123 cm³/mol. The molecule has 190 valence electrons. The Morgan fingerprint density at radius 3 is 2.56 bits per heavy atom. The number of aromatic nitrogens is 5. The minimum atomic E-state index is -4.89. The number of halogens is 3. The van der Waals surface area contributed by atoms with E-state index >= 15 is 0 Å². The van der Waals surface area contributed by atoms with Crippen LogP contribution in [0.15, 0.2) is 48.9 Å². The van der Waals surface area contributed by atoms with Crippen LogP contribution in [0.4, 0.5) is 13.2 Å². The van der Waals surface area contributed by atoms with Gasteiger partial charge in [-0.15, -0.1) is 5.10 Å². The van der Waals surface area contributed by atoms with Gasteiger partial charge in [-0.2, -0.15) is 13.2 Å². The molecule has 0 saturated heterocycles. The summed E-state index contributed by atoms with van der Waals surface area (Å²) >= 11 is 0. The second-order valence-electron chi connectivity index (χ2n) is 8.06. The molecule has 0 aromatic carbocycles. The molecule has 36 heavy (non-hydrogen) atoms. The molecule has 1 unspecified atom stereocenters. The number of aliphatic hydroxyl groups is 1. The Kier molecular flexibility index (Phi) is 6.72. The SMILES string of the molecule is CCOC(=O)c1cc2cc(Cn3cc(C(O)(CC)C(F)(F)F)nn3)ccn2c1-c1ccc(OC)nc1. The van der Waals surface area contributed by atoms with E-state index in [9.17, 15) is 23.1 Å². The van der Waals surface area contributed by atoms with Crippen LogP contribution in [-0.4, -0.2) is 55.3 Å². The molecule has 4 aromatic heterocycles. The van der Waals surface area contributed by atoms with Gasteiger partial charge in [0, 0.05) is 29.5 Å². The number of pyridine rings is 2. The summed E-state index contributed by atoms with van der Waals surface area (Å²) in [6.45, 7) is 3.24. The van der Waals surface area contributed by atoms with Crippen LogP contribution in [0.1, 0.15) is 41.9 Å². The zero-order valence-electron chi connectivity index (χ0n) is 19.8.